The number of hydrogen-bond donors (Lipinski definition) is 3. The molecule has 0 saturated carbocycles. The molecule has 8 heteroatoms. The van der Waals surface area contributed by atoms with Gasteiger partial charge in [-0.1, -0.05) is 0 Å². The van der Waals surface area contributed by atoms with Crippen LogP contribution in [0.25, 0.3) is 11.2 Å². The minimum Gasteiger partial charge on any atom is -0.390 e. The van der Waals surface area contributed by atoms with E-state index >= 15 is 0 Å². The number of rotatable bonds is 2. The Labute approximate surface area is 108 Å². The Hall–Kier alpha value is -1.38. The lowest BCUT2D eigenvalue weighted by Crippen LogP contribution is -2.22. The first-order valence-electron chi connectivity index (χ1n) is 5.58. The quantitative estimate of drug-likeness (QED) is 0.662. The molecule has 0 radical (unpaired) electrons. The summed E-state index contributed by atoms with van der Waals surface area (Å²) in [6, 6.07) is 0. The Kier molecular flexibility index (Phi) is 2.84. The van der Waals surface area contributed by atoms with Gasteiger partial charge in [0.25, 0.3) is 0 Å². The molecule has 3 N–H and O–H groups in total. The van der Waals surface area contributed by atoms with Crippen LogP contribution in [0.3, 0.4) is 0 Å². The maximum atomic E-state index is 9.82. The van der Waals surface area contributed by atoms with E-state index in [9.17, 15) is 5.11 Å². The summed E-state index contributed by atoms with van der Waals surface area (Å²) >= 11 is 4.15. The minimum absolute atomic E-state index is 0.269. The lowest BCUT2D eigenvalue weighted by Gasteiger charge is -2.13. The van der Waals surface area contributed by atoms with E-state index in [2.05, 4.69) is 27.6 Å². The summed E-state index contributed by atoms with van der Waals surface area (Å²) in [5.41, 5.74) is 6.88. The largest absolute Gasteiger partial charge is 0.390 e. The van der Waals surface area contributed by atoms with Crippen molar-refractivity contribution >= 4 is 29.6 Å². The van der Waals surface area contributed by atoms with Crippen molar-refractivity contribution in [1.29, 1.82) is 0 Å². The van der Waals surface area contributed by atoms with Crippen molar-refractivity contribution in [3.05, 3.63) is 12.7 Å². The average Bonchev–Trinajstić information content (AvgIpc) is 2.93. The van der Waals surface area contributed by atoms with E-state index in [1.165, 1.54) is 6.33 Å². The van der Waals surface area contributed by atoms with Crippen molar-refractivity contribution in [1.82, 2.24) is 19.5 Å². The predicted octanol–water partition coefficient (Wildman–Crippen LogP) is -0.0133. The van der Waals surface area contributed by atoms with E-state index < -0.39 is 6.10 Å². The second-order valence-electron chi connectivity index (χ2n) is 4.20. The molecular weight excluding hydrogens is 254 g/mol. The van der Waals surface area contributed by atoms with Gasteiger partial charge in [-0.25, -0.2) is 15.0 Å². The molecule has 3 atom stereocenters. The summed E-state index contributed by atoms with van der Waals surface area (Å²) in [5.74, 6) is 0.810. The number of ether oxygens (including phenoxy) is 1. The number of nitrogens with zero attached hydrogens (tertiary/aromatic N) is 4. The molecule has 1 fully saturated rings. The van der Waals surface area contributed by atoms with Crippen molar-refractivity contribution < 1.29 is 9.84 Å². The molecule has 1 aliphatic heterocycles. The van der Waals surface area contributed by atoms with Gasteiger partial charge in [-0.3, -0.25) is 4.57 Å². The Morgan fingerprint density at radius 1 is 1.50 bits per heavy atom. The molecule has 96 valence electrons. The highest BCUT2D eigenvalue weighted by Gasteiger charge is 2.34. The molecule has 0 bridgehead atoms. The summed E-state index contributed by atoms with van der Waals surface area (Å²) in [5, 5.41) is 9.82. The minimum atomic E-state index is -0.524. The van der Waals surface area contributed by atoms with Crippen LogP contribution in [0.2, 0.25) is 0 Å². The maximum Gasteiger partial charge on any atom is 0.167 e. The van der Waals surface area contributed by atoms with Gasteiger partial charge < -0.3 is 15.6 Å². The topological polar surface area (TPSA) is 99.1 Å². The third kappa shape index (κ3) is 1.73. The number of anilines is 1. The number of fused-ring (bicyclic) bond motifs is 1. The molecule has 1 saturated heterocycles. The smallest absolute Gasteiger partial charge is 0.167 e. The van der Waals surface area contributed by atoms with Crippen LogP contribution in [-0.4, -0.2) is 42.6 Å². The van der Waals surface area contributed by atoms with Gasteiger partial charge >= 0.3 is 0 Å². The van der Waals surface area contributed by atoms with Gasteiger partial charge in [0, 0.05) is 12.2 Å². The van der Waals surface area contributed by atoms with E-state index in [0.29, 0.717) is 29.2 Å². The van der Waals surface area contributed by atoms with Crippen molar-refractivity contribution in [2.75, 3.05) is 11.5 Å². The molecule has 0 spiro atoms. The van der Waals surface area contributed by atoms with Crippen LogP contribution in [0.15, 0.2) is 12.7 Å². The zero-order valence-corrected chi connectivity index (χ0v) is 10.4. The van der Waals surface area contributed by atoms with E-state index in [-0.39, 0.29) is 12.3 Å². The standard InChI is InChI=1S/C10H13N5O2S/c11-9-8-10(13-3-12-9)15(4-14-8)7-1-5(16)6(2-18)17-7/h3-7,16,18H,1-2H2,(H2,11,12,13)/t5?,6-,7-/m1/s1. The SMILES string of the molecule is Nc1ncnc2c1ncn2[C@H]1CC(O)[C@@H](CS)O1. The van der Waals surface area contributed by atoms with E-state index in [1.54, 1.807) is 10.9 Å². The molecular formula is C10H13N5O2S. The van der Waals surface area contributed by atoms with Gasteiger partial charge in [-0.05, 0) is 0 Å². The Balaban J connectivity index is 1.99. The zero-order valence-electron chi connectivity index (χ0n) is 9.47. The summed E-state index contributed by atoms with van der Waals surface area (Å²) in [6.07, 6.45) is 2.39. The number of aliphatic hydroxyl groups is 1. The van der Waals surface area contributed by atoms with Gasteiger partial charge in [-0.2, -0.15) is 12.6 Å². The van der Waals surface area contributed by atoms with Gasteiger partial charge in [0.15, 0.2) is 11.5 Å². The molecule has 0 aliphatic carbocycles. The predicted molar refractivity (Wildman–Crippen MR) is 68.1 cm³/mol. The van der Waals surface area contributed by atoms with Crippen LogP contribution in [0, 0.1) is 0 Å². The van der Waals surface area contributed by atoms with Crippen molar-refractivity contribution in [2.24, 2.45) is 0 Å². The molecule has 3 rings (SSSR count). The number of aromatic nitrogens is 4. The highest BCUT2D eigenvalue weighted by atomic mass is 32.1. The number of aliphatic hydroxyl groups excluding tert-OH is 1. The Morgan fingerprint density at radius 2 is 2.33 bits per heavy atom. The van der Waals surface area contributed by atoms with Gasteiger partial charge in [0.2, 0.25) is 0 Å². The van der Waals surface area contributed by atoms with E-state index in [1.807, 2.05) is 0 Å². The Bertz CT molecular complexity index is 574. The number of hydrogen-bond acceptors (Lipinski definition) is 7. The monoisotopic (exact) mass is 267 g/mol. The second-order valence-corrected chi connectivity index (χ2v) is 4.56. The van der Waals surface area contributed by atoms with Gasteiger partial charge in [0.05, 0.1) is 18.5 Å². The van der Waals surface area contributed by atoms with E-state index in [4.69, 9.17) is 10.5 Å². The van der Waals surface area contributed by atoms with Crippen molar-refractivity contribution in [3.63, 3.8) is 0 Å². The molecule has 3 heterocycles. The molecule has 18 heavy (non-hydrogen) atoms. The fourth-order valence-electron chi connectivity index (χ4n) is 2.13. The first-order chi connectivity index (χ1) is 8.70. The third-order valence-corrected chi connectivity index (χ3v) is 3.44. The van der Waals surface area contributed by atoms with Crippen LogP contribution in [0.4, 0.5) is 5.82 Å². The van der Waals surface area contributed by atoms with Crippen LogP contribution in [0.5, 0.6) is 0 Å². The van der Waals surface area contributed by atoms with Gasteiger partial charge in [-0.15, -0.1) is 0 Å². The fraction of sp³-hybridized carbons (Fsp3) is 0.500. The second kappa shape index (κ2) is 4.38. The fourth-order valence-corrected chi connectivity index (χ4v) is 2.46. The molecule has 2 aromatic heterocycles. The van der Waals surface area contributed by atoms with Crippen molar-refractivity contribution in [2.45, 2.75) is 24.9 Å². The van der Waals surface area contributed by atoms with E-state index in [0.717, 1.165) is 0 Å². The first kappa shape index (κ1) is 11.7. The summed E-state index contributed by atoms with van der Waals surface area (Å²) in [4.78, 5) is 12.2. The number of imidazole rings is 1. The number of thiol groups is 1. The highest BCUT2D eigenvalue weighted by molar-refractivity contribution is 7.80. The Morgan fingerprint density at radius 3 is 3.06 bits per heavy atom. The molecule has 1 aliphatic rings. The number of nitrogen functional groups attached to an aromatic ring is 1. The molecule has 0 aromatic carbocycles. The molecule has 2 aromatic rings. The molecule has 1 unspecified atom stereocenters. The normalized spacial score (nSPS) is 28.0. The maximum absolute atomic E-state index is 9.82. The highest BCUT2D eigenvalue weighted by Crippen LogP contribution is 2.31. The summed E-state index contributed by atoms with van der Waals surface area (Å²) < 4.78 is 7.47. The van der Waals surface area contributed by atoms with Crippen molar-refractivity contribution in [3.8, 4) is 0 Å². The lowest BCUT2D eigenvalue weighted by molar-refractivity contribution is -0.00353. The van der Waals surface area contributed by atoms with Gasteiger partial charge in [0.1, 0.15) is 18.1 Å². The molecule has 7 nitrogen and oxygen atoms in total. The third-order valence-electron chi connectivity index (χ3n) is 3.08. The summed E-state index contributed by atoms with van der Waals surface area (Å²) in [7, 11) is 0. The van der Waals surface area contributed by atoms with Crippen LogP contribution < -0.4 is 5.73 Å². The lowest BCUT2D eigenvalue weighted by atomic mass is 10.2. The zero-order chi connectivity index (χ0) is 12.7. The van der Waals surface area contributed by atoms with Crippen LogP contribution in [0.1, 0.15) is 12.6 Å². The molecule has 0 amide bonds. The van der Waals surface area contributed by atoms with Crippen LogP contribution in [-0.2, 0) is 4.74 Å². The number of nitrogens with two attached hydrogens (primary N) is 1. The average molecular weight is 267 g/mol. The first-order valence-corrected chi connectivity index (χ1v) is 6.21. The van der Waals surface area contributed by atoms with Crippen LogP contribution >= 0.6 is 12.6 Å². The summed E-state index contributed by atoms with van der Waals surface area (Å²) in [6.45, 7) is 0.